The Labute approximate surface area is 95.3 Å². The SMILES string of the molecule is CCCCCc1ccc(C(=O)O)c(C#N)c1. The highest BCUT2D eigenvalue weighted by atomic mass is 16.4. The molecule has 1 rings (SSSR count). The first-order chi connectivity index (χ1) is 7.69. The quantitative estimate of drug-likeness (QED) is 0.771. The minimum atomic E-state index is -1.04. The van der Waals surface area contributed by atoms with Crippen molar-refractivity contribution in [1.82, 2.24) is 0 Å². The second-order valence-electron chi connectivity index (χ2n) is 3.75. The third-order valence-corrected chi connectivity index (χ3v) is 2.50. The van der Waals surface area contributed by atoms with Gasteiger partial charge in [0.25, 0.3) is 0 Å². The van der Waals surface area contributed by atoms with E-state index in [9.17, 15) is 4.79 Å². The van der Waals surface area contributed by atoms with Crippen molar-refractivity contribution >= 4 is 5.97 Å². The molecule has 0 atom stereocenters. The van der Waals surface area contributed by atoms with Gasteiger partial charge >= 0.3 is 5.97 Å². The lowest BCUT2D eigenvalue weighted by Gasteiger charge is -2.03. The van der Waals surface area contributed by atoms with Gasteiger partial charge in [0.15, 0.2) is 0 Å². The summed E-state index contributed by atoms with van der Waals surface area (Å²) in [4.78, 5) is 10.8. The Balaban J connectivity index is 2.84. The molecule has 0 aliphatic heterocycles. The van der Waals surface area contributed by atoms with E-state index in [4.69, 9.17) is 10.4 Å². The van der Waals surface area contributed by atoms with Crippen molar-refractivity contribution in [2.45, 2.75) is 32.6 Å². The molecule has 0 saturated carbocycles. The maximum absolute atomic E-state index is 10.8. The fourth-order valence-corrected chi connectivity index (χ4v) is 1.61. The molecule has 0 amide bonds. The molecule has 3 heteroatoms. The number of unbranched alkanes of at least 4 members (excludes halogenated alkanes) is 2. The third kappa shape index (κ3) is 3.09. The summed E-state index contributed by atoms with van der Waals surface area (Å²) in [6, 6.07) is 6.91. The Hall–Kier alpha value is -1.82. The summed E-state index contributed by atoms with van der Waals surface area (Å²) < 4.78 is 0. The van der Waals surface area contributed by atoms with Gasteiger partial charge in [-0.05, 0) is 30.5 Å². The van der Waals surface area contributed by atoms with Crippen LogP contribution in [0.2, 0.25) is 0 Å². The molecule has 0 spiro atoms. The van der Waals surface area contributed by atoms with Crippen LogP contribution in [0.1, 0.15) is 47.7 Å². The van der Waals surface area contributed by atoms with E-state index in [1.54, 1.807) is 12.1 Å². The topological polar surface area (TPSA) is 61.1 Å². The van der Waals surface area contributed by atoms with Crippen molar-refractivity contribution in [2.75, 3.05) is 0 Å². The fraction of sp³-hybridized carbons (Fsp3) is 0.385. The summed E-state index contributed by atoms with van der Waals surface area (Å²) in [5.41, 5.74) is 1.37. The highest BCUT2D eigenvalue weighted by Gasteiger charge is 2.09. The zero-order chi connectivity index (χ0) is 12.0. The normalized spacial score (nSPS) is 9.75. The number of carboxylic acid groups (broad SMARTS) is 1. The molecule has 0 heterocycles. The molecule has 84 valence electrons. The zero-order valence-electron chi connectivity index (χ0n) is 9.36. The third-order valence-electron chi connectivity index (χ3n) is 2.50. The molecule has 3 nitrogen and oxygen atoms in total. The second-order valence-corrected chi connectivity index (χ2v) is 3.75. The van der Waals surface area contributed by atoms with Crippen molar-refractivity contribution < 1.29 is 9.90 Å². The zero-order valence-corrected chi connectivity index (χ0v) is 9.36. The van der Waals surface area contributed by atoms with Gasteiger partial charge in [-0.3, -0.25) is 0 Å². The predicted octanol–water partition coefficient (Wildman–Crippen LogP) is 2.99. The number of carboxylic acids is 1. The number of aromatic carboxylic acids is 1. The van der Waals surface area contributed by atoms with E-state index < -0.39 is 5.97 Å². The van der Waals surface area contributed by atoms with Crippen LogP contribution in [0.25, 0.3) is 0 Å². The minimum Gasteiger partial charge on any atom is -0.478 e. The molecular formula is C13H15NO2. The monoisotopic (exact) mass is 217 g/mol. The highest BCUT2D eigenvalue weighted by molar-refractivity contribution is 5.90. The first kappa shape index (κ1) is 12.3. The summed E-state index contributed by atoms with van der Waals surface area (Å²) in [5.74, 6) is -1.04. The number of nitriles is 1. The van der Waals surface area contributed by atoms with Crippen molar-refractivity contribution in [2.24, 2.45) is 0 Å². The van der Waals surface area contributed by atoms with Crippen molar-refractivity contribution in [3.63, 3.8) is 0 Å². The van der Waals surface area contributed by atoms with E-state index in [0.29, 0.717) is 0 Å². The molecule has 0 bridgehead atoms. The van der Waals surface area contributed by atoms with Gasteiger partial charge in [-0.25, -0.2) is 4.79 Å². The van der Waals surface area contributed by atoms with Crippen molar-refractivity contribution in [3.8, 4) is 6.07 Å². The molecule has 0 fully saturated rings. The number of benzene rings is 1. The first-order valence-corrected chi connectivity index (χ1v) is 5.45. The number of hydrogen-bond donors (Lipinski definition) is 1. The molecule has 0 aromatic heterocycles. The van der Waals surface area contributed by atoms with E-state index in [1.165, 1.54) is 6.07 Å². The average Bonchev–Trinajstić information content (AvgIpc) is 2.29. The highest BCUT2D eigenvalue weighted by Crippen LogP contribution is 2.14. The molecule has 0 unspecified atom stereocenters. The van der Waals surface area contributed by atoms with E-state index in [1.807, 2.05) is 6.07 Å². The van der Waals surface area contributed by atoms with Crippen molar-refractivity contribution in [1.29, 1.82) is 5.26 Å². The Kier molecular flexibility index (Phi) is 4.53. The van der Waals surface area contributed by atoms with Gasteiger partial charge in [-0.2, -0.15) is 5.26 Å². The van der Waals surface area contributed by atoms with Gasteiger partial charge in [-0.1, -0.05) is 25.8 Å². The van der Waals surface area contributed by atoms with Crippen LogP contribution in [0, 0.1) is 11.3 Å². The van der Waals surface area contributed by atoms with Crippen molar-refractivity contribution in [3.05, 3.63) is 34.9 Å². The van der Waals surface area contributed by atoms with Gasteiger partial charge in [0.05, 0.1) is 11.1 Å². The maximum atomic E-state index is 10.8. The lowest BCUT2D eigenvalue weighted by molar-refractivity contribution is 0.0696. The molecular weight excluding hydrogens is 202 g/mol. The fourth-order valence-electron chi connectivity index (χ4n) is 1.61. The van der Waals surface area contributed by atoms with Crippen LogP contribution in [0.15, 0.2) is 18.2 Å². The minimum absolute atomic E-state index is 0.0849. The number of nitrogens with zero attached hydrogens (tertiary/aromatic N) is 1. The molecule has 0 radical (unpaired) electrons. The van der Waals surface area contributed by atoms with Crippen LogP contribution in [0.3, 0.4) is 0 Å². The number of hydrogen-bond acceptors (Lipinski definition) is 2. The molecule has 1 N–H and O–H groups in total. The van der Waals surface area contributed by atoms with Crippen LogP contribution >= 0.6 is 0 Å². The largest absolute Gasteiger partial charge is 0.478 e. The van der Waals surface area contributed by atoms with Crippen LogP contribution < -0.4 is 0 Å². The van der Waals surface area contributed by atoms with E-state index in [-0.39, 0.29) is 11.1 Å². The maximum Gasteiger partial charge on any atom is 0.337 e. The van der Waals surface area contributed by atoms with Crippen LogP contribution in [-0.4, -0.2) is 11.1 Å². The Morgan fingerprint density at radius 1 is 1.44 bits per heavy atom. The van der Waals surface area contributed by atoms with E-state index in [2.05, 4.69) is 6.92 Å². The van der Waals surface area contributed by atoms with Crippen LogP contribution in [-0.2, 0) is 6.42 Å². The number of aryl methyl sites for hydroxylation is 1. The molecule has 0 aliphatic carbocycles. The number of rotatable bonds is 5. The molecule has 0 aliphatic rings. The average molecular weight is 217 g/mol. The van der Waals surface area contributed by atoms with Gasteiger partial charge in [0.1, 0.15) is 6.07 Å². The molecule has 16 heavy (non-hydrogen) atoms. The lowest BCUT2D eigenvalue weighted by Crippen LogP contribution is -2.01. The summed E-state index contributed by atoms with van der Waals surface area (Å²) in [6.07, 6.45) is 4.29. The summed E-state index contributed by atoms with van der Waals surface area (Å²) in [6.45, 7) is 2.13. The molecule has 1 aromatic rings. The molecule has 0 saturated heterocycles. The van der Waals surface area contributed by atoms with Gasteiger partial charge in [0.2, 0.25) is 0 Å². The number of carbonyl (C=O) groups is 1. The predicted molar refractivity (Wildman–Crippen MR) is 61.3 cm³/mol. The van der Waals surface area contributed by atoms with Crippen LogP contribution in [0.4, 0.5) is 0 Å². The first-order valence-electron chi connectivity index (χ1n) is 5.45. The van der Waals surface area contributed by atoms with Gasteiger partial charge in [-0.15, -0.1) is 0 Å². The standard InChI is InChI=1S/C13H15NO2/c1-2-3-4-5-10-6-7-12(13(15)16)11(8-10)9-14/h6-8H,2-5H2,1H3,(H,15,16). The van der Waals surface area contributed by atoms with E-state index in [0.717, 1.165) is 31.2 Å². The molecule has 1 aromatic carbocycles. The van der Waals surface area contributed by atoms with Crippen LogP contribution in [0.5, 0.6) is 0 Å². The summed E-state index contributed by atoms with van der Waals surface area (Å²) in [7, 11) is 0. The Morgan fingerprint density at radius 2 is 2.19 bits per heavy atom. The second kappa shape index (κ2) is 5.92. The Morgan fingerprint density at radius 3 is 2.75 bits per heavy atom. The smallest absolute Gasteiger partial charge is 0.337 e. The summed E-state index contributed by atoms with van der Waals surface area (Å²) in [5, 5.41) is 17.7. The Bertz CT molecular complexity index is 418. The van der Waals surface area contributed by atoms with E-state index >= 15 is 0 Å². The van der Waals surface area contributed by atoms with Gasteiger partial charge in [0, 0.05) is 0 Å². The lowest BCUT2D eigenvalue weighted by atomic mass is 10.0. The summed E-state index contributed by atoms with van der Waals surface area (Å²) >= 11 is 0. The van der Waals surface area contributed by atoms with Gasteiger partial charge < -0.3 is 5.11 Å².